The van der Waals surface area contributed by atoms with Gasteiger partial charge in [0.1, 0.15) is 0 Å². The van der Waals surface area contributed by atoms with E-state index in [0.29, 0.717) is 17.9 Å². The van der Waals surface area contributed by atoms with E-state index < -0.39 is 0 Å². The number of anilines is 3. The molecule has 1 aromatic rings. The first-order valence-electron chi connectivity index (χ1n) is 10.5. The summed E-state index contributed by atoms with van der Waals surface area (Å²) in [6.07, 6.45) is 4.42. The first-order chi connectivity index (χ1) is 12.7. The first-order valence-corrected chi connectivity index (χ1v) is 10.5. The van der Waals surface area contributed by atoms with E-state index in [0.717, 1.165) is 51.3 Å². The fourth-order valence-corrected chi connectivity index (χ4v) is 4.23. The number of hydrogen-bond donors (Lipinski definition) is 3. The van der Waals surface area contributed by atoms with Crippen molar-refractivity contribution in [3.63, 3.8) is 0 Å². The molecule has 1 fully saturated rings. The molecule has 0 amide bonds. The van der Waals surface area contributed by atoms with Gasteiger partial charge >= 0.3 is 0 Å². The van der Waals surface area contributed by atoms with Crippen LogP contribution in [0.2, 0.25) is 0 Å². The van der Waals surface area contributed by atoms with Gasteiger partial charge in [0.15, 0.2) is 0 Å². The zero-order valence-corrected chi connectivity index (χ0v) is 18.3. The van der Waals surface area contributed by atoms with Crippen LogP contribution >= 0.6 is 0 Å². The Bertz CT molecular complexity index is 560. The molecule has 1 aromatic heterocycles. The normalized spacial score (nSPS) is 18.9. The van der Waals surface area contributed by atoms with E-state index in [2.05, 4.69) is 74.3 Å². The molecule has 0 atom stereocenters. The van der Waals surface area contributed by atoms with E-state index in [9.17, 15) is 0 Å². The number of nitrogens with one attached hydrogen (secondary N) is 3. The molecule has 0 bridgehead atoms. The van der Waals surface area contributed by atoms with Crippen molar-refractivity contribution in [2.75, 3.05) is 35.2 Å². The number of nitrogens with zero attached hydrogens (tertiary/aromatic N) is 4. The molecule has 3 N–H and O–H groups in total. The van der Waals surface area contributed by atoms with E-state index in [4.69, 9.17) is 9.97 Å². The lowest BCUT2D eigenvalue weighted by molar-refractivity contribution is 0.158. The summed E-state index contributed by atoms with van der Waals surface area (Å²) in [5, 5.41) is 10.3. The van der Waals surface area contributed by atoms with Crippen LogP contribution in [0.4, 0.5) is 17.8 Å². The average molecular weight is 378 g/mol. The second kappa shape index (κ2) is 9.04. The zero-order chi connectivity index (χ0) is 20.1. The van der Waals surface area contributed by atoms with Crippen molar-refractivity contribution in [2.24, 2.45) is 0 Å². The molecule has 0 saturated carbocycles. The van der Waals surface area contributed by atoms with Crippen molar-refractivity contribution in [2.45, 2.75) is 91.3 Å². The molecule has 2 rings (SSSR count). The van der Waals surface area contributed by atoms with Crippen LogP contribution in [0.25, 0.3) is 0 Å². The molecule has 1 saturated heterocycles. The van der Waals surface area contributed by atoms with E-state index in [1.54, 1.807) is 0 Å². The summed E-state index contributed by atoms with van der Waals surface area (Å²) < 4.78 is 0. The Kier molecular flexibility index (Phi) is 7.25. The highest BCUT2D eigenvalue weighted by molar-refractivity contribution is 5.45. The highest BCUT2D eigenvalue weighted by Gasteiger charge is 2.40. The van der Waals surface area contributed by atoms with Gasteiger partial charge in [0, 0.05) is 36.8 Å². The van der Waals surface area contributed by atoms with Crippen LogP contribution in [0.1, 0.15) is 74.1 Å². The molecule has 0 aromatic carbocycles. The maximum atomic E-state index is 4.76. The lowest BCUT2D eigenvalue weighted by atomic mass is 9.79. The predicted octanol–water partition coefficient (Wildman–Crippen LogP) is 3.65. The summed E-state index contributed by atoms with van der Waals surface area (Å²) in [5.74, 6) is 2.07. The quantitative estimate of drug-likeness (QED) is 0.606. The highest BCUT2D eigenvalue weighted by Crippen LogP contribution is 2.33. The summed E-state index contributed by atoms with van der Waals surface area (Å²) in [5.41, 5.74) is 0.165. The van der Waals surface area contributed by atoms with Crippen LogP contribution in [0, 0.1) is 0 Å². The summed E-state index contributed by atoms with van der Waals surface area (Å²) in [7, 11) is 0. The molecule has 0 radical (unpaired) electrons. The fourth-order valence-electron chi connectivity index (χ4n) is 4.23. The minimum atomic E-state index is 0.0823. The van der Waals surface area contributed by atoms with E-state index >= 15 is 0 Å². The predicted molar refractivity (Wildman–Crippen MR) is 115 cm³/mol. The summed E-state index contributed by atoms with van der Waals surface area (Å²) in [6.45, 7) is 18.1. The van der Waals surface area contributed by atoms with Gasteiger partial charge in [0.05, 0.1) is 0 Å². The Balaban J connectivity index is 2.40. The molecule has 27 heavy (non-hydrogen) atoms. The van der Waals surface area contributed by atoms with E-state index in [1.165, 1.54) is 0 Å². The number of piperidine rings is 1. The third-order valence-corrected chi connectivity index (χ3v) is 4.91. The maximum Gasteiger partial charge on any atom is 0.232 e. The summed E-state index contributed by atoms with van der Waals surface area (Å²) in [6, 6.07) is 0.397. The van der Waals surface area contributed by atoms with Gasteiger partial charge in [0.2, 0.25) is 17.8 Å². The van der Waals surface area contributed by atoms with Crippen molar-refractivity contribution in [1.29, 1.82) is 0 Å². The lowest BCUT2D eigenvalue weighted by Crippen LogP contribution is -2.62. The topological polar surface area (TPSA) is 78.0 Å². The molecule has 1 aliphatic rings. The summed E-state index contributed by atoms with van der Waals surface area (Å²) in [4.78, 5) is 16.4. The third-order valence-electron chi connectivity index (χ3n) is 4.91. The molecule has 154 valence electrons. The molecule has 2 heterocycles. The van der Waals surface area contributed by atoms with Gasteiger partial charge in [-0.2, -0.15) is 15.0 Å². The standard InChI is InChI=1S/C20H39N7/c1-8-11-12-27(15-13-19(4,5)26-20(6,7)14-15)18-24-16(21-9-2)23-17(25-18)22-10-3/h15,26H,8-14H2,1-7H3,(H2,21,22,23,24,25). The molecule has 1 aliphatic heterocycles. The highest BCUT2D eigenvalue weighted by atomic mass is 15.3. The Morgan fingerprint density at radius 1 is 0.926 bits per heavy atom. The van der Waals surface area contributed by atoms with Gasteiger partial charge in [0.25, 0.3) is 0 Å². The Labute approximate surface area is 165 Å². The van der Waals surface area contributed by atoms with Gasteiger partial charge in [-0.25, -0.2) is 0 Å². The number of unbranched alkanes of at least 4 members (excludes halogenated alkanes) is 1. The second-order valence-corrected chi connectivity index (χ2v) is 8.85. The van der Waals surface area contributed by atoms with Gasteiger partial charge in [-0.05, 0) is 60.8 Å². The molecule has 0 spiro atoms. The SMILES string of the molecule is CCCCN(c1nc(NCC)nc(NCC)n1)C1CC(C)(C)NC(C)(C)C1. The molecular weight excluding hydrogens is 338 g/mol. The minimum absolute atomic E-state index is 0.0823. The molecule has 7 heteroatoms. The van der Waals surface area contributed by atoms with Crippen LogP contribution < -0.4 is 20.9 Å². The fraction of sp³-hybridized carbons (Fsp3) is 0.850. The minimum Gasteiger partial charge on any atom is -0.354 e. The van der Waals surface area contributed by atoms with E-state index in [-0.39, 0.29) is 11.1 Å². The van der Waals surface area contributed by atoms with Crippen molar-refractivity contribution in [3.8, 4) is 0 Å². The van der Waals surface area contributed by atoms with Crippen molar-refractivity contribution in [3.05, 3.63) is 0 Å². The Hall–Kier alpha value is -1.63. The van der Waals surface area contributed by atoms with Crippen LogP contribution in [0.3, 0.4) is 0 Å². The molecule has 7 nitrogen and oxygen atoms in total. The Morgan fingerprint density at radius 3 is 1.89 bits per heavy atom. The van der Waals surface area contributed by atoms with Crippen molar-refractivity contribution in [1.82, 2.24) is 20.3 Å². The average Bonchev–Trinajstić information content (AvgIpc) is 2.53. The third kappa shape index (κ3) is 6.19. The lowest BCUT2D eigenvalue weighted by Gasteiger charge is -2.49. The van der Waals surface area contributed by atoms with Gasteiger partial charge in [-0.1, -0.05) is 13.3 Å². The van der Waals surface area contributed by atoms with Crippen LogP contribution in [0.5, 0.6) is 0 Å². The Morgan fingerprint density at radius 2 is 1.44 bits per heavy atom. The largest absolute Gasteiger partial charge is 0.354 e. The number of hydrogen-bond acceptors (Lipinski definition) is 7. The van der Waals surface area contributed by atoms with Gasteiger partial charge in [-0.15, -0.1) is 0 Å². The van der Waals surface area contributed by atoms with Crippen LogP contribution in [-0.2, 0) is 0 Å². The number of rotatable bonds is 9. The maximum absolute atomic E-state index is 4.76. The second-order valence-electron chi connectivity index (χ2n) is 8.85. The number of aromatic nitrogens is 3. The van der Waals surface area contributed by atoms with Gasteiger partial charge < -0.3 is 20.9 Å². The molecular formula is C20H39N7. The van der Waals surface area contributed by atoms with E-state index in [1.807, 2.05) is 0 Å². The van der Waals surface area contributed by atoms with Crippen LogP contribution in [-0.4, -0.2) is 51.7 Å². The molecule has 0 unspecified atom stereocenters. The first kappa shape index (κ1) is 21.7. The summed E-state index contributed by atoms with van der Waals surface area (Å²) >= 11 is 0. The zero-order valence-electron chi connectivity index (χ0n) is 18.3. The monoisotopic (exact) mass is 377 g/mol. The van der Waals surface area contributed by atoms with Crippen molar-refractivity contribution < 1.29 is 0 Å². The smallest absolute Gasteiger partial charge is 0.232 e. The van der Waals surface area contributed by atoms with Crippen molar-refractivity contribution >= 4 is 17.8 Å². The van der Waals surface area contributed by atoms with Crippen LogP contribution in [0.15, 0.2) is 0 Å². The molecule has 0 aliphatic carbocycles. The van der Waals surface area contributed by atoms with Gasteiger partial charge in [-0.3, -0.25) is 0 Å².